The molecule has 7 heteroatoms. The first kappa shape index (κ1) is 22.2. The van der Waals surface area contributed by atoms with Crippen molar-refractivity contribution >= 4 is 51.8 Å². The Hall–Kier alpha value is -0.830. The number of benzene rings is 1. The summed E-state index contributed by atoms with van der Waals surface area (Å²) in [6.45, 7) is 5.90. The van der Waals surface area contributed by atoms with Crippen molar-refractivity contribution in [1.29, 1.82) is 0 Å². The first-order valence-electron chi connectivity index (χ1n) is 8.59. The molecule has 2 N–H and O–H groups in total. The number of piperidine rings is 1. The maximum atomic E-state index is 12.0. The van der Waals surface area contributed by atoms with Crippen molar-refractivity contribution < 1.29 is 4.79 Å². The van der Waals surface area contributed by atoms with Crippen LogP contribution in [0.3, 0.4) is 0 Å². The molecule has 140 valence electrons. The zero-order valence-corrected chi connectivity index (χ0v) is 18.8. The van der Waals surface area contributed by atoms with Crippen LogP contribution in [0.15, 0.2) is 33.7 Å². The van der Waals surface area contributed by atoms with Crippen LogP contribution in [-0.4, -0.2) is 50.0 Å². The number of amides is 1. The minimum atomic E-state index is -0.0364. The van der Waals surface area contributed by atoms with Gasteiger partial charge in [-0.15, -0.1) is 24.0 Å². The Labute approximate surface area is 176 Å². The molecule has 1 aromatic carbocycles. The van der Waals surface area contributed by atoms with E-state index < -0.39 is 0 Å². The van der Waals surface area contributed by atoms with Crippen LogP contribution in [0.5, 0.6) is 0 Å². The molecule has 5 nitrogen and oxygen atoms in total. The summed E-state index contributed by atoms with van der Waals surface area (Å²) in [6.07, 6.45) is 3.32. The fraction of sp³-hybridized carbons (Fsp3) is 0.556. The third-order valence-electron chi connectivity index (χ3n) is 4.30. The van der Waals surface area contributed by atoms with Crippen LogP contribution in [0.25, 0.3) is 0 Å². The number of rotatable bonds is 5. The summed E-state index contributed by atoms with van der Waals surface area (Å²) in [6, 6.07) is 7.42. The molecule has 1 aliphatic heterocycles. The molecule has 1 amide bonds. The average Bonchev–Trinajstić information content (AvgIpc) is 2.59. The Bertz CT molecular complexity index is 574. The summed E-state index contributed by atoms with van der Waals surface area (Å²) in [5.74, 6) is 1.75. The van der Waals surface area contributed by atoms with Crippen molar-refractivity contribution in [1.82, 2.24) is 15.5 Å². The highest BCUT2D eigenvalue weighted by molar-refractivity contribution is 14.0. The lowest BCUT2D eigenvalue weighted by Crippen LogP contribution is -2.45. The predicted molar refractivity (Wildman–Crippen MR) is 118 cm³/mol. The van der Waals surface area contributed by atoms with Crippen LogP contribution >= 0.6 is 39.9 Å². The number of likely N-dealkylation sites (tertiary alicyclic amines) is 1. The van der Waals surface area contributed by atoms with E-state index in [4.69, 9.17) is 0 Å². The lowest BCUT2D eigenvalue weighted by molar-refractivity contribution is 0.0953. The highest BCUT2D eigenvalue weighted by atomic mass is 127. The largest absolute Gasteiger partial charge is 0.356 e. The van der Waals surface area contributed by atoms with Crippen molar-refractivity contribution in [2.45, 2.75) is 26.2 Å². The van der Waals surface area contributed by atoms with Crippen LogP contribution in [0.4, 0.5) is 0 Å². The standard InChI is InChI=1S/C18H27BrN4O.HI/c1-14-7-11-23(12-8-14)18(20-2)22-10-4-9-21-17(24)15-5-3-6-16(19)13-15;/h3,5-6,13-14H,4,7-12H2,1-2H3,(H,20,22)(H,21,24);1H. The minimum absolute atomic E-state index is 0. The summed E-state index contributed by atoms with van der Waals surface area (Å²) in [5.41, 5.74) is 0.676. The first-order chi connectivity index (χ1) is 11.6. The predicted octanol–water partition coefficient (Wildman–Crippen LogP) is 3.49. The van der Waals surface area contributed by atoms with Gasteiger partial charge in [-0.25, -0.2) is 0 Å². The van der Waals surface area contributed by atoms with Gasteiger partial charge in [0.2, 0.25) is 0 Å². The van der Waals surface area contributed by atoms with Crippen molar-refractivity contribution in [3.05, 3.63) is 34.3 Å². The lowest BCUT2D eigenvalue weighted by Gasteiger charge is -2.32. The van der Waals surface area contributed by atoms with Crippen LogP contribution in [-0.2, 0) is 0 Å². The fourth-order valence-electron chi connectivity index (χ4n) is 2.77. The Morgan fingerprint density at radius 1 is 1.28 bits per heavy atom. The van der Waals surface area contributed by atoms with Gasteiger partial charge < -0.3 is 15.5 Å². The molecule has 0 bridgehead atoms. The second-order valence-corrected chi connectivity index (χ2v) is 7.18. The third-order valence-corrected chi connectivity index (χ3v) is 4.80. The molecular weight excluding hydrogens is 495 g/mol. The molecule has 1 heterocycles. The maximum Gasteiger partial charge on any atom is 0.251 e. The van der Waals surface area contributed by atoms with Crippen molar-refractivity contribution in [2.75, 3.05) is 33.2 Å². The van der Waals surface area contributed by atoms with E-state index in [2.05, 4.69) is 43.4 Å². The normalized spacial score (nSPS) is 15.5. The fourth-order valence-corrected chi connectivity index (χ4v) is 3.17. The zero-order valence-electron chi connectivity index (χ0n) is 14.9. The van der Waals surface area contributed by atoms with Crippen LogP contribution < -0.4 is 10.6 Å². The summed E-state index contributed by atoms with van der Waals surface area (Å²) < 4.78 is 0.913. The molecule has 0 spiro atoms. The van der Waals surface area contributed by atoms with Gasteiger partial charge >= 0.3 is 0 Å². The second kappa shape index (κ2) is 11.7. The Kier molecular flexibility index (Phi) is 10.4. The van der Waals surface area contributed by atoms with E-state index in [1.807, 2.05) is 31.3 Å². The van der Waals surface area contributed by atoms with Gasteiger partial charge in [0, 0.05) is 43.3 Å². The van der Waals surface area contributed by atoms with Crippen molar-refractivity contribution in [3.63, 3.8) is 0 Å². The van der Waals surface area contributed by atoms with E-state index in [0.717, 1.165) is 42.4 Å². The number of carbonyl (C=O) groups is 1. The van der Waals surface area contributed by atoms with E-state index in [1.54, 1.807) is 0 Å². The van der Waals surface area contributed by atoms with Crippen LogP contribution in [0.2, 0.25) is 0 Å². The van der Waals surface area contributed by atoms with Gasteiger partial charge in [0.05, 0.1) is 0 Å². The summed E-state index contributed by atoms with van der Waals surface area (Å²) in [5, 5.41) is 6.34. The maximum absolute atomic E-state index is 12.0. The van der Waals surface area contributed by atoms with E-state index in [0.29, 0.717) is 12.1 Å². The molecule has 1 fully saturated rings. The number of nitrogens with zero attached hydrogens (tertiary/aromatic N) is 2. The smallest absolute Gasteiger partial charge is 0.251 e. The lowest BCUT2D eigenvalue weighted by atomic mass is 10.00. The molecule has 1 aromatic rings. The van der Waals surface area contributed by atoms with E-state index in [9.17, 15) is 4.79 Å². The Balaban J connectivity index is 0.00000312. The van der Waals surface area contributed by atoms with Gasteiger partial charge in [0.1, 0.15) is 0 Å². The van der Waals surface area contributed by atoms with E-state index in [1.165, 1.54) is 12.8 Å². The average molecular weight is 523 g/mol. The Morgan fingerprint density at radius 3 is 2.60 bits per heavy atom. The van der Waals surface area contributed by atoms with Crippen molar-refractivity contribution in [2.24, 2.45) is 10.9 Å². The summed E-state index contributed by atoms with van der Waals surface area (Å²) in [7, 11) is 1.83. The van der Waals surface area contributed by atoms with Gasteiger partial charge in [-0.3, -0.25) is 9.79 Å². The molecular formula is C18H28BrIN4O. The molecule has 0 saturated carbocycles. The topological polar surface area (TPSA) is 56.7 Å². The van der Waals surface area contributed by atoms with Gasteiger partial charge in [0.15, 0.2) is 5.96 Å². The molecule has 0 radical (unpaired) electrons. The molecule has 0 atom stereocenters. The van der Waals surface area contributed by atoms with Crippen LogP contribution in [0, 0.1) is 5.92 Å². The van der Waals surface area contributed by atoms with Gasteiger partial charge in [-0.05, 0) is 43.4 Å². The minimum Gasteiger partial charge on any atom is -0.356 e. The van der Waals surface area contributed by atoms with Gasteiger partial charge in [0.25, 0.3) is 5.91 Å². The number of hydrogen-bond acceptors (Lipinski definition) is 2. The summed E-state index contributed by atoms with van der Waals surface area (Å²) >= 11 is 3.38. The summed E-state index contributed by atoms with van der Waals surface area (Å²) in [4.78, 5) is 18.7. The third kappa shape index (κ3) is 7.52. The van der Waals surface area contributed by atoms with Crippen LogP contribution in [0.1, 0.15) is 36.5 Å². The monoisotopic (exact) mass is 522 g/mol. The number of guanidine groups is 1. The highest BCUT2D eigenvalue weighted by Gasteiger charge is 2.18. The number of nitrogens with one attached hydrogen (secondary N) is 2. The number of carbonyl (C=O) groups excluding carboxylic acids is 1. The zero-order chi connectivity index (χ0) is 17.4. The molecule has 2 rings (SSSR count). The molecule has 25 heavy (non-hydrogen) atoms. The van der Waals surface area contributed by atoms with E-state index >= 15 is 0 Å². The molecule has 1 aliphatic rings. The quantitative estimate of drug-likeness (QED) is 0.269. The number of hydrogen-bond donors (Lipinski definition) is 2. The Morgan fingerprint density at radius 2 is 1.96 bits per heavy atom. The highest BCUT2D eigenvalue weighted by Crippen LogP contribution is 2.15. The number of aliphatic imine (C=N–C) groups is 1. The first-order valence-corrected chi connectivity index (χ1v) is 9.39. The molecule has 0 aliphatic carbocycles. The molecule has 1 saturated heterocycles. The second-order valence-electron chi connectivity index (χ2n) is 6.26. The molecule has 0 aromatic heterocycles. The number of halogens is 2. The molecule has 0 unspecified atom stereocenters. The van der Waals surface area contributed by atoms with Gasteiger partial charge in [-0.2, -0.15) is 0 Å². The van der Waals surface area contributed by atoms with Gasteiger partial charge in [-0.1, -0.05) is 28.9 Å². The van der Waals surface area contributed by atoms with Crippen molar-refractivity contribution in [3.8, 4) is 0 Å². The van der Waals surface area contributed by atoms with E-state index in [-0.39, 0.29) is 29.9 Å². The SMILES string of the molecule is CN=C(NCCCNC(=O)c1cccc(Br)c1)N1CCC(C)CC1.I.